The van der Waals surface area contributed by atoms with Crippen molar-refractivity contribution in [1.29, 1.82) is 0 Å². The van der Waals surface area contributed by atoms with Crippen molar-refractivity contribution in [3.63, 3.8) is 0 Å². The maximum absolute atomic E-state index is 12.4. The van der Waals surface area contributed by atoms with Crippen LogP contribution in [0.1, 0.15) is 26.2 Å². The van der Waals surface area contributed by atoms with E-state index in [4.69, 9.17) is 4.74 Å². The summed E-state index contributed by atoms with van der Waals surface area (Å²) in [5, 5.41) is 3.28. The fourth-order valence-corrected chi connectivity index (χ4v) is 3.02. The summed E-state index contributed by atoms with van der Waals surface area (Å²) in [6.45, 7) is 6.80. The molecule has 1 unspecified atom stereocenters. The van der Waals surface area contributed by atoms with Crippen molar-refractivity contribution in [2.24, 2.45) is 4.99 Å². The van der Waals surface area contributed by atoms with Gasteiger partial charge >= 0.3 is 0 Å². The van der Waals surface area contributed by atoms with Crippen LogP contribution < -0.4 is 5.32 Å². The van der Waals surface area contributed by atoms with E-state index in [1.54, 1.807) is 19.0 Å². The standard InChI is InChI=1S/C17H31N5O3.HI/c1-4-18-17(19-8-7-15(23)20(2)3)22-11-9-21(10-12-22)16(24)14-6-5-13-25-14;/h14H,4-13H2,1-3H3,(H,18,19);1H. The molecule has 8 nitrogen and oxygen atoms in total. The number of aliphatic imine (C=N–C) groups is 1. The Kier molecular flexibility index (Phi) is 10.2. The molecule has 2 aliphatic heterocycles. The minimum Gasteiger partial charge on any atom is -0.368 e. The molecular formula is C17H32IN5O3. The zero-order chi connectivity index (χ0) is 18.2. The average Bonchev–Trinajstić information content (AvgIpc) is 3.15. The molecule has 2 rings (SSSR count). The van der Waals surface area contributed by atoms with Crippen LogP contribution in [0.5, 0.6) is 0 Å². The molecule has 2 heterocycles. The van der Waals surface area contributed by atoms with Crippen molar-refractivity contribution in [2.75, 3.05) is 60.0 Å². The Hall–Kier alpha value is -1.10. The van der Waals surface area contributed by atoms with E-state index < -0.39 is 0 Å². The van der Waals surface area contributed by atoms with E-state index in [0.717, 1.165) is 38.4 Å². The van der Waals surface area contributed by atoms with Crippen LogP contribution in [0.3, 0.4) is 0 Å². The second-order valence-corrected chi connectivity index (χ2v) is 6.59. The second-order valence-electron chi connectivity index (χ2n) is 6.59. The van der Waals surface area contributed by atoms with E-state index in [1.165, 1.54) is 0 Å². The topological polar surface area (TPSA) is 77.5 Å². The molecule has 0 aromatic heterocycles. The Labute approximate surface area is 173 Å². The molecule has 1 atom stereocenters. The number of carbonyl (C=O) groups is 2. The van der Waals surface area contributed by atoms with Crippen LogP contribution >= 0.6 is 24.0 Å². The number of rotatable bonds is 5. The second kappa shape index (κ2) is 11.6. The van der Waals surface area contributed by atoms with E-state index in [0.29, 0.717) is 32.7 Å². The summed E-state index contributed by atoms with van der Waals surface area (Å²) < 4.78 is 5.50. The summed E-state index contributed by atoms with van der Waals surface area (Å²) in [5.74, 6) is 1.01. The number of hydrogen-bond acceptors (Lipinski definition) is 4. The monoisotopic (exact) mass is 481 g/mol. The third-order valence-corrected chi connectivity index (χ3v) is 4.52. The van der Waals surface area contributed by atoms with Crippen molar-refractivity contribution in [3.05, 3.63) is 0 Å². The molecule has 9 heteroatoms. The Morgan fingerprint density at radius 2 is 1.85 bits per heavy atom. The molecule has 1 N–H and O–H groups in total. The van der Waals surface area contributed by atoms with E-state index in [2.05, 4.69) is 15.2 Å². The van der Waals surface area contributed by atoms with Gasteiger partial charge in [-0.1, -0.05) is 0 Å². The molecule has 0 saturated carbocycles. The minimum absolute atomic E-state index is 0. The first-order valence-electron chi connectivity index (χ1n) is 9.16. The lowest BCUT2D eigenvalue weighted by Gasteiger charge is -2.37. The van der Waals surface area contributed by atoms with Gasteiger partial charge in [0, 0.05) is 59.8 Å². The number of amides is 2. The van der Waals surface area contributed by atoms with Gasteiger partial charge in [0.1, 0.15) is 6.10 Å². The van der Waals surface area contributed by atoms with Crippen molar-refractivity contribution in [3.8, 4) is 0 Å². The number of guanidine groups is 1. The fourth-order valence-electron chi connectivity index (χ4n) is 3.02. The highest BCUT2D eigenvalue weighted by molar-refractivity contribution is 14.0. The van der Waals surface area contributed by atoms with E-state index in [1.807, 2.05) is 11.8 Å². The lowest BCUT2D eigenvalue weighted by Crippen LogP contribution is -2.55. The first kappa shape index (κ1) is 22.9. The molecule has 2 amide bonds. The average molecular weight is 481 g/mol. The molecule has 2 aliphatic rings. The smallest absolute Gasteiger partial charge is 0.251 e. The lowest BCUT2D eigenvalue weighted by molar-refractivity contribution is -0.142. The zero-order valence-corrected chi connectivity index (χ0v) is 18.4. The molecule has 0 bridgehead atoms. The van der Waals surface area contributed by atoms with Crippen LogP contribution in [-0.4, -0.2) is 98.5 Å². The van der Waals surface area contributed by atoms with Crippen molar-refractivity contribution in [2.45, 2.75) is 32.3 Å². The lowest BCUT2D eigenvalue weighted by atomic mass is 10.2. The van der Waals surface area contributed by atoms with Gasteiger partial charge in [-0.2, -0.15) is 0 Å². The summed E-state index contributed by atoms with van der Waals surface area (Å²) in [4.78, 5) is 34.3. The highest BCUT2D eigenvalue weighted by Gasteiger charge is 2.30. The summed E-state index contributed by atoms with van der Waals surface area (Å²) in [6, 6.07) is 0. The first-order chi connectivity index (χ1) is 12.0. The zero-order valence-electron chi connectivity index (χ0n) is 16.1. The summed E-state index contributed by atoms with van der Waals surface area (Å²) in [7, 11) is 3.50. The maximum Gasteiger partial charge on any atom is 0.251 e. The molecule has 0 radical (unpaired) electrons. The van der Waals surface area contributed by atoms with Gasteiger partial charge in [-0.3, -0.25) is 14.6 Å². The van der Waals surface area contributed by atoms with E-state index >= 15 is 0 Å². The fraction of sp³-hybridized carbons (Fsp3) is 0.824. The predicted octanol–water partition coefficient (Wildman–Crippen LogP) is 0.371. The predicted molar refractivity (Wildman–Crippen MR) is 112 cm³/mol. The van der Waals surface area contributed by atoms with Gasteiger partial charge in [-0.15, -0.1) is 24.0 Å². The summed E-state index contributed by atoms with van der Waals surface area (Å²) in [5.41, 5.74) is 0. The van der Waals surface area contributed by atoms with Crippen molar-refractivity contribution in [1.82, 2.24) is 20.0 Å². The number of halogens is 1. The third kappa shape index (κ3) is 6.57. The quantitative estimate of drug-likeness (QED) is 0.349. The van der Waals surface area contributed by atoms with Gasteiger partial charge in [0.2, 0.25) is 5.91 Å². The SMILES string of the molecule is CCNC(=NCCC(=O)N(C)C)N1CCN(C(=O)C2CCCO2)CC1.I. The summed E-state index contributed by atoms with van der Waals surface area (Å²) >= 11 is 0. The van der Waals surface area contributed by atoms with E-state index in [-0.39, 0.29) is 41.9 Å². The number of ether oxygens (including phenoxy) is 1. The number of hydrogen-bond donors (Lipinski definition) is 1. The minimum atomic E-state index is -0.245. The maximum atomic E-state index is 12.4. The first-order valence-corrected chi connectivity index (χ1v) is 9.16. The Morgan fingerprint density at radius 1 is 1.19 bits per heavy atom. The van der Waals surface area contributed by atoms with Crippen LogP contribution in [0.25, 0.3) is 0 Å². The van der Waals surface area contributed by atoms with Crippen LogP contribution in [0.4, 0.5) is 0 Å². The molecule has 2 fully saturated rings. The molecule has 26 heavy (non-hydrogen) atoms. The molecule has 0 aliphatic carbocycles. The highest BCUT2D eigenvalue weighted by atomic mass is 127. The molecule has 0 aromatic carbocycles. The van der Waals surface area contributed by atoms with Crippen LogP contribution in [0.2, 0.25) is 0 Å². The van der Waals surface area contributed by atoms with Gasteiger partial charge in [0.15, 0.2) is 5.96 Å². The molecule has 2 saturated heterocycles. The Morgan fingerprint density at radius 3 is 2.38 bits per heavy atom. The number of nitrogens with zero attached hydrogens (tertiary/aromatic N) is 4. The van der Waals surface area contributed by atoms with Crippen LogP contribution in [0.15, 0.2) is 4.99 Å². The van der Waals surface area contributed by atoms with Gasteiger partial charge in [-0.05, 0) is 19.8 Å². The highest BCUT2D eigenvalue weighted by Crippen LogP contribution is 2.16. The number of piperazine rings is 1. The van der Waals surface area contributed by atoms with E-state index in [9.17, 15) is 9.59 Å². The summed E-state index contributed by atoms with van der Waals surface area (Å²) in [6.07, 6.45) is 1.97. The van der Waals surface area contributed by atoms with Gasteiger partial charge in [-0.25, -0.2) is 0 Å². The molecule has 0 aromatic rings. The molecular weight excluding hydrogens is 449 g/mol. The number of carbonyl (C=O) groups excluding carboxylic acids is 2. The Balaban J connectivity index is 0.00000338. The number of nitrogens with one attached hydrogen (secondary N) is 1. The van der Waals surface area contributed by atoms with Crippen molar-refractivity contribution >= 4 is 41.8 Å². The largest absolute Gasteiger partial charge is 0.368 e. The normalized spacial score (nSPS) is 20.6. The third-order valence-electron chi connectivity index (χ3n) is 4.52. The molecule has 0 spiro atoms. The Bertz CT molecular complexity index is 487. The van der Waals surface area contributed by atoms with Gasteiger partial charge in [0.05, 0.1) is 6.54 Å². The van der Waals surface area contributed by atoms with Crippen LogP contribution in [0, 0.1) is 0 Å². The van der Waals surface area contributed by atoms with Gasteiger partial charge < -0.3 is 24.8 Å². The van der Waals surface area contributed by atoms with Crippen LogP contribution in [-0.2, 0) is 14.3 Å². The van der Waals surface area contributed by atoms with Gasteiger partial charge in [0.25, 0.3) is 5.91 Å². The van der Waals surface area contributed by atoms with Crippen molar-refractivity contribution < 1.29 is 14.3 Å². The molecule has 150 valence electrons.